The normalized spacial score (nSPS) is 11.8. The van der Waals surface area contributed by atoms with Crippen LogP contribution in [-0.4, -0.2) is 22.6 Å². The van der Waals surface area contributed by atoms with E-state index in [0.717, 1.165) is 11.5 Å². The Kier molecular flexibility index (Phi) is 3.44. The minimum absolute atomic E-state index is 0.184. The summed E-state index contributed by atoms with van der Waals surface area (Å²) in [6.45, 7) is 3.43. The SMILES string of the molecule is [B]OC(=C(C#N)c1coc(C)n1)c1snnc1C. The molecule has 88 valence electrons. The predicted molar refractivity (Wildman–Crippen MR) is 65.2 cm³/mol. The zero-order chi connectivity index (χ0) is 13.1. The second-order valence-electron chi connectivity index (χ2n) is 3.37. The summed E-state index contributed by atoms with van der Waals surface area (Å²) < 4.78 is 13.6. The summed E-state index contributed by atoms with van der Waals surface area (Å²) in [4.78, 5) is 4.66. The average molecular weight is 258 g/mol. The average Bonchev–Trinajstić information content (AvgIpc) is 2.95. The van der Waals surface area contributed by atoms with Gasteiger partial charge in [-0.2, -0.15) is 5.26 Å². The molecule has 2 heterocycles. The summed E-state index contributed by atoms with van der Waals surface area (Å²) in [6, 6.07) is 2.00. The Morgan fingerprint density at radius 3 is 2.78 bits per heavy atom. The molecule has 0 atom stereocenters. The number of aryl methyl sites for hydroxylation is 2. The Morgan fingerprint density at radius 2 is 2.33 bits per heavy atom. The van der Waals surface area contributed by atoms with Crippen LogP contribution in [0.5, 0.6) is 0 Å². The third-order valence-electron chi connectivity index (χ3n) is 2.19. The Morgan fingerprint density at radius 1 is 1.56 bits per heavy atom. The molecule has 0 N–H and O–H groups in total. The maximum absolute atomic E-state index is 9.22. The molecule has 0 spiro atoms. The molecule has 0 aliphatic rings. The molecule has 8 heteroatoms. The van der Waals surface area contributed by atoms with E-state index in [0.29, 0.717) is 22.2 Å². The van der Waals surface area contributed by atoms with E-state index in [-0.39, 0.29) is 11.3 Å². The zero-order valence-electron chi connectivity index (χ0n) is 9.67. The van der Waals surface area contributed by atoms with E-state index in [2.05, 4.69) is 14.6 Å². The fraction of sp³-hybridized carbons (Fsp3) is 0.200. The molecule has 0 unspecified atom stereocenters. The van der Waals surface area contributed by atoms with Gasteiger partial charge in [0.2, 0.25) is 0 Å². The topological polar surface area (TPSA) is 84.8 Å². The van der Waals surface area contributed by atoms with Crippen molar-refractivity contribution in [2.24, 2.45) is 0 Å². The molecule has 0 amide bonds. The van der Waals surface area contributed by atoms with E-state index in [4.69, 9.17) is 17.1 Å². The van der Waals surface area contributed by atoms with Crippen molar-refractivity contribution in [2.75, 3.05) is 0 Å². The van der Waals surface area contributed by atoms with Crippen LogP contribution in [0.25, 0.3) is 11.3 Å². The summed E-state index contributed by atoms with van der Waals surface area (Å²) >= 11 is 1.09. The van der Waals surface area contributed by atoms with Gasteiger partial charge in [0.15, 0.2) is 5.89 Å². The third kappa shape index (κ3) is 2.12. The van der Waals surface area contributed by atoms with Crippen LogP contribution in [0.4, 0.5) is 0 Å². The van der Waals surface area contributed by atoms with E-state index in [9.17, 15) is 5.26 Å². The molecule has 0 fully saturated rings. The maximum Gasteiger partial charge on any atom is 0.374 e. The number of hydrogen-bond acceptors (Lipinski definition) is 7. The molecule has 0 aliphatic carbocycles. The standard InChI is InChI=1S/C10H7BN4O2S/c1-5-10(18-15-14-5)9(17-11)7(3-12)8-4-16-6(2)13-8/h4H,1-2H3. The van der Waals surface area contributed by atoms with Crippen LogP contribution in [-0.2, 0) is 4.65 Å². The first-order valence-corrected chi connectivity index (χ1v) is 5.67. The number of nitriles is 1. The van der Waals surface area contributed by atoms with E-state index in [1.54, 1.807) is 13.8 Å². The third-order valence-corrected chi connectivity index (χ3v) is 3.02. The van der Waals surface area contributed by atoms with Crippen molar-refractivity contribution >= 4 is 30.9 Å². The molecule has 2 rings (SSSR count). The lowest BCUT2D eigenvalue weighted by Crippen LogP contribution is -1.95. The molecule has 0 saturated heterocycles. The Balaban J connectivity index is 2.61. The lowest BCUT2D eigenvalue weighted by Gasteiger charge is -2.06. The number of rotatable bonds is 3. The molecular weight excluding hydrogens is 251 g/mol. The van der Waals surface area contributed by atoms with Crippen LogP contribution in [0.1, 0.15) is 22.2 Å². The van der Waals surface area contributed by atoms with E-state index >= 15 is 0 Å². The smallest absolute Gasteiger partial charge is 0.374 e. The molecule has 0 aromatic carbocycles. The molecule has 18 heavy (non-hydrogen) atoms. The van der Waals surface area contributed by atoms with Gasteiger partial charge in [-0.3, -0.25) is 0 Å². The van der Waals surface area contributed by atoms with Gasteiger partial charge in [-0.1, -0.05) is 4.49 Å². The first-order valence-electron chi connectivity index (χ1n) is 4.90. The van der Waals surface area contributed by atoms with Crippen molar-refractivity contribution in [1.82, 2.24) is 14.6 Å². The summed E-state index contributed by atoms with van der Waals surface area (Å²) in [5.74, 6) is 0.645. The van der Waals surface area contributed by atoms with Gasteiger partial charge in [0.05, 0.1) is 5.69 Å². The zero-order valence-corrected chi connectivity index (χ0v) is 10.5. The summed E-state index contributed by atoms with van der Waals surface area (Å²) in [6.07, 6.45) is 1.37. The van der Waals surface area contributed by atoms with Crippen LogP contribution >= 0.6 is 11.5 Å². The first-order chi connectivity index (χ1) is 8.67. The quantitative estimate of drug-likeness (QED) is 0.472. The number of hydrogen-bond donors (Lipinski definition) is 0. The Bertz CT molecular complexity index is 640. The van der Waals surface area contributed by atoms with Gasteiger partial charge in [-0.25, -0.2) is 4.98 Å². The van der Waals surface area contributed by atoms with Gasteiger partial charge in [-0.15, -0.1) is 5.10 Å². The minimum Gasteiger partial charge on any atom is -0.566 e. The van der Waals surface area contributed by atoms with Crippen LogP contribution in [0.15, 0.2) is 10.7 Å². The lowest BCUT2D eigenvalue weighted by molar-refractivity contribution is 0.521. The number of oxazole rings is 1. The van der Waals surface area contributed by atoms with Crippen LogP contribution in [0.2, 0.25) is 0 Å². The number of aromatic nitrogens is 3. The number of nitrogens with zero attached hydrogens (tertiary/aromatic N) is 4. The molecule has 2 aromatic heterocycles. The largest absolute Gasteiger partial charge is 0.566 e. The van der Waals surface area contributed by atoms with Crippen molar-refractivity contribution in [2.45, 2.75) is 13.8 Å². The van der Waals surface area contributed by atoms with Crippen molar-refractivity contribution in [1.29, 1.82) is 5.26 Å². The van der Waals surface area contributed by atoms with Gasteiger partial charge >= 0.3 is 8.05 Å². The maximum atomic E-state index is 9.22. The molecule has 2 aromatic rings. The molecule has 2 radical (unpaired) electrons. The highest BCUT2D eigenvalue weighted by molar-refractivity contribution is 7.07. The monoisotopic (exact) mass is 258 g/mol. The van der Waals surface area contributed by atoms with Crippen LogP contribution < -0.4 is 0 Å². The first kappa shape index (κ1) is 12.3. The lowest BCUT2D eigenvalue weighted by atomic mass is 10.1. The van der Waals surface area contributed by atoms with Gasteiger partial charge in [0.1, 0.15) is 34.2 Å². The van der Waals surface area contributed by atoms with Gasteiger partial charge in [0.25, 0.3) is 0 Å². The van der Waals surface area contributed by atoms with Crippen LogP contribution in [0, 0.1) is 25.2 Å². The fourth-order valence-electron chi connectivity index (χ4n) is 1.37. The van der Waals surface area contributed by atoms with E-state index in [1.165, 1.54) is 6.26 Å². The highest BCUT2D eigenvalue weighted by Gasteiger charge is 2.19. The minimum atomic E-state index is 0.184. The van der Waals surface area contributed by atoms with Gasteiger partial charge < -0.3 is 9.07 Å². The highest BCUT2D eigenvalue weighted by Crippen LogP contribution is 2.29. The molecule has 6 nitrogen and oxygen atoms in total. The summed E-state index contributed by atoms with van der Waals surface area (Å²) in [5.41, 5.74) is 1.18. The second-order valence-corrected chi connectivity index (χ2v) is 4.13. The van der Waals surface area contributed by atoms with E-state index < -0.39 is 0 Å². The van der Waals surface area contributed by atoms with Gasteiger partial charge in [0, 0.05) is 6.92 Å². The Labute approximate surface area is 109 Å². The summed E-state index contributed by atoms with van der Waals surface area (Å²) in [5, 5.41) is 13.1. The van der Waals surface area contributed by atoms with Gasteiger partial charge in [-0.05, 0) is 18.5 Å². The molecule has 0 aliphatic heterocycles. The molecular formula is C10H7BN4O2S. The number of allylic oxidation sites excluding steroid dienone is 1. The van der Waals surface area contributed by atoms with E-state index in [1.807, 2.05) is 6.07 Å². The van der Waals surface area contributed by atoms with Crippen LogP contribution in [0.3, 0.4) is 0 Å². The van der Waals surface area contributed by atoms with Crippen molar-refractivity contribution in [3.05, 3.63) is 28.4 Å². The highest BCUT2D eigenvalue weighted by atomic mass is 32.1. The molecule has 0 bridgehead atoms. The Hall–Kier alpha value is -2.14. The van der Waals surface area contributed by atoms with Crippen molar-refractivity contribution in [3.8, 4) is 6.07 Å². The second kappa shape index (κ2) is 5.02. The summed E-state index contributed by atoms with van der Waals surface area (Å²) in [7, 11) is 5.24. The fourth-order valence-corrected chi connectivity index (χ4v) is 2.02. The molecule has 0 saturated carbocycles. The van der Waals surface area contributed by atoms with Crippen molar-refractivity contribution < 1.29 is 9.07 Å². The predicted octanol–water partition coefficient (Wildman–Crippen LogP) is 1.63. The van der Waals surface area contributed by atoms with Crippen molar-refractivity contribution in [3.63, 3.8) is 0 Å².